The molecule has 5 heteroatoms. The molecule has 0 aromatic heterocycles. The van der Waals surface area contributed by atoms with E-state index in [2.05, 4.69) is 4.74 Å². The third-order valence-electron chi connectivity index (χ3n) is 2.81. The molecule has 0 spiro atoms. The van der Waals surface area contributed by atoms with Gasteiger partial charge in [0.2, 0.25) is 0 Å². The van der Waals surface area contributed by atoms with E-state index in [4.69, 9.17) is 14.2 Å². The van der Waals surface area contributed by atoms with Gasteiger partial charge < -0.3 is 18.9 Å². The Hall–Kier alpha value is -1.59. The molecule has 112 valence electrons. The summed E-state index contributed by atoms with van der Waals surface area (Å²) in [6.45, 7) is 5.56. The lowest BCUT2D eigenvalue weighted by Crippen LogP contribution is -2.34. The van der Waals surface area contributed by atoms with Gasteiger partial charge >= 0.3 is 6.16 Å². The minimum atomic E-state index is -0.888. The molecule has 0 saturated heterocycles. The van der Waals surface area contributed by atoms with Crippen LogP contribution in [0.15, 0.2) is 30.3 Å². The molecule has 0 radical (unpaired) electrons. The average Bonchev–Trinajstić information content (AvgIpc) is 2.48. The minimum Gasteiger partial charge on any atom is -0.438 e. The first-order valence-electron chi connectivity index (χ1n) is 6.60. The van der Waals surface area contributed by atoms with Gasteiger partial charge in [0.05, 0.1) is 26.9 Å². The van der Waals surface area contributed by atoms with Crippen molar-refractivity contribution >= 4 is 6.16 Å². The van der Waals surface area contributed by atoms with Gasteiger partial charge in [-0.2, -0.15) is 0 Å². The molecule has 1 aromatic rings. The predicted molar refractivity (Wildman–Crippen MR) is 74.6 cm³/mol. The monoisotopic (exact) mass is 282 g/mol. The van der Waals surface area contributed by atoms with Crippen LogP contribution < -0.4 is 0 Å². The van der Waals surface area contributed by atoms with Crippen molar-refractivity contribution < 1.29 is 23.7 Å². The molecule has 5 nitrogen and oxygen atoms in total. The van der Waals surface area contributed by atoms with Gasteiger partial charge in [-0.15, -0.1) is 0 Å². The van der Waals surface area contributed by atoms with Crippen molar-refractivity contribution in [1.29, 1.82) is 0 Å². The zero-order valence-electron chi connectivity index (χ0n) is 12.3. The van der Waals surface area contributed by atoms with Crippen LogP contribution >= 0.6 is 0 Å². The van der Waals surface area contributed by atoms with Crippen LogP contribution in [0.2, 0.25) is 0 Å². The largest absolute Gasteiger partial charge is 0.508 e. The summed E-state index contributed by atoms with van der Waals surface area (Å²) in [5.74, 6) is 0. The Bertz CT molecular complexity index is 393. The fourth-order valence-electron chi connectivity index (χ4n) is 1.72. The van der Waals surface area contributed by atoms with Crippen molar-refractivity contribution in [3.63, 3.8) is 0 Å². The van der Waals surface area contributed by atoms with E-state index in [1.165, 1.54) is 7.11 Å². The van der Waals surface area contributed by atoms with Gasteiger partial charge in [-0.3, -0.25) is 0 Å². The molecule has 0 aliphatic heterocycles. The molecule has 0 fully saturated rings. The second-order valence-electron chi connectivity index (χ2n) is 4.40. The summed E-state index contributed by atoms with van der Waals surface area (Å²) < 4.78 is 20.7. The van der Waals surface area contributed by atoms with Crippen LogP contribution in [-0.4, -0.2) is 39.7 Å². The van der Waals surface area contributed by atoms with E-state index >= 15 is 0 Å². The highest BCUT2D eigenvalue weighted by molar-refractivity contribution is 5.60. The first-order chi connectivity index (χ1) is 9.62. The van der Waals surface area contributed by atoms with Gasteiger partial charge in [0.25, 0.3) is 0 Å². The molecule has 20 heavy (non-hydrogen) atoms. The Morgan fingerprint density at radius 1 is 1.15 bits per heavy atom. The maximum Gasteiger partial charge on any atom is 0.508 e. The average molecular weight is 282 g/mol. The number of ether oxygens (including phenoxy) is 4. The summed E-state index contributed by atoms with van der Waals surface area (Å²) in [5.41, 5.74) is -0.0394. The molecule has 1 unspecified atom stereocenters. The van der Waals surface area contributed by atoms with Gasteiger partial charge in [0.1, 0.15) is 0 Å². The lowest BCUT2D eigenvalue weighted by Gasteiger charge is -2.29. The topological polar surface area (TPSA) is 54.0 Å². The Labute approximate surface area is 119 Å². The zero-order valence-corrected chi connectivity index (χ0v) is 12.3. The molecule has 0 amide bonds. The zero-order chi connectivity index (χ0) is 14.8. The number of rotatable bonds is 8. The third-order valence-corrected chi connectivity index (χ3v) is 2.81. The second kappa shape index (κ2) is 8.55. The molecule has 0 N–H and O–H groups in total. The Morgan fingerprint density at radius 3 is 2.40 bits per heavy atom. The summed E-state index contributed by atoms with van der Waals surface area (Å²) in [7, 11) is 1.28. The van der Waals surface area contributed by atoms with E-state index in [1.807, 2.05) is 37.3 Å². The van der Waals surface area contributed by atoms with Crippen LogP contribution in [0.1, 0.15) is 19.4 Å². The molecular formula is C15H22O5. The summed E-state index contributed by atoms with van der Waals surface area (Å²) >= 11 is 0. The van der Waals surface area contributed by atoms with Crippen LogP contribution in [0.5, 0.6) is 0 Å². The Morgan fingerprint density at radius 2 is 1.80 bits per heavy atom. The van der Waals surface area contributed by atoms with Gasteiger partial charge in [-0.25, -0.2) is 4.79 Å². The van der Waals surface area contributed by atoms with Crippen LogP contribution in [0.4, 0.5) is 4.79 Å². The summed E-state index contributed by atoms with van der Waals surface area (Å²) in [4.78, 5) is 11.4. The summed E-state index contributed by atoms with van der Waals surface area (Å²) in [5, 5.41) is 0. The van der Waals surface area contributed by atoms with Crippen molar-refractivity contribution in [3.8, 4) is 0 Å². The van der Waals surface area contributed by atoms with Gasteiger partial charge in [-0.1, -0.05) is 30.3 Å². The highest BCUT2D eigenvalue weighted by Gasteiger charge is 2.32. The van der Waals surface area contributed by atoms with Crippen LogP contribution in [0, 0.1) is 0 Å². The van der Waals surface area contributed by atoms with Crippen molar-refractivity contribution in [2.75, 3.05) is 33.5 Å². The minimum absolute atomic E-state index is 0.235. The molecule has 1 aromatic carbocycles. The van der Waals surface area contributed by atoms with E-state index in [-0.39, 0.29) is 6.61 Å². The second-order valence-corrected chi connectivity index (χ2v) is 4.40. The number of hydrogen-bond donors (Lipinski definition) is 0. The van der Waals surface area contributed by atoms with Crippen molar-refractivity contribution in [3.05, 3.63) is 35.9 Å². The van der Waals surface area contributed by atoms with Crippen molar-refractivity contribution in [2.24, 2.45) is 0 Å². The number of methoxy groups -OCH3 is 1. The molecule has 0 bridgehead atoms. The standard InChI is InChI=1S/C15H22O5/c1-4-18-10-11-19-12-15(2,20-14(16)17-3)13-8-6-5-7-9-13/h5-9H,4,10-12H2,1-3H3. The molecule has 0 aliphatic carbocycles. The Kier molecular flexibility index (Phi) is 7.04. The molecule has 1 rings (SSSR count). The van der Waals surface area contributed by atoms with Crippen LogP contribution in [-0.2, 0) is 24.5 Å². The summed E-state index contributed by atoms with van der Waals surface area (Å²) in [6, 6.07) is 9.44. The smallest absolute Gasteiger partial charge is 0.438 e. The predicted octanol–water partition coefficient (Wildman–Crippen LogP) is 2.74. The quantitative estimate of drug-likeness (QED) is 0.542. The number of hydrogen-bond acceptors (Lipinski definition) is 5. The highest BCUT2D eigenvalue weighted by Crippen LogP contribution is 2.26. The SMILES string of the molecule is CCOCCOCC(C)(OC(=O)OC)c1ccccc1. The van der Waals surface area contributed by atoms with E-state index in [1.54, 1.807) is 6.92 Å². The van der Waals surface area contributed by atoms with Gasteiger partial charge in [0.15, 0.2) is 5.60 Å². The lowest BCUT2D eigenvalue weighted by molar-refractivity contribution is -0.0776. The number of carbonyl (C=O) groups is 1. The van der Waals surface area contributed by atoms with E-state index in [9.17, 15) is 4.79 Å². The lowest BCUT2D eigenvalue weighted by atomic mass is 9.97. The van der Waals surface area contributed by atoms with Gasteiger partial charge in [-0.05, 0) is 19.4 Å². The van der Waals surface area contributed by atoms with Crippen LogP contribution in [0.3, 0.4) is 0 Å². The molecule has 0 heterocycles. The number of carbonyl (C=O) groups excluding carboxylic acids is 1. The number of benzene rings is 1. The van der Waals surface area contributed by atoms with Crippen molar-refractivity contribution in [1.82, 2.24) is 0 Å². The fourth-order valence-corrected chi connectivity index (χ4v) is 1.72. The normalized spacial score (nSPS) is 13.6. The van der Waals surface area contributed by atoms with E-state index in [0.29, 0.717) is 19.8 Å². The van der Waals surface area contributed by atoms with E-state index < -0.39 is 11.8 Å². The van der Waals surface area contributed by atoms with E-state index in [0.717, 1.165) is 5.56 Å². The maximum atomic E-state index is 11.4. The highest BCUT2D eigenvalue weighted by atomic mass is 16.7. The molecule has 0 aliphatic rings. The molecule has 0 saturated carbocycles. The first-order valence-corrected chi connectivity index (χ1v) is 6.60. The molecule has 1 atom stereocenters. The fraction of sp³-hybridized carbons (Fsp3) is 0.533. The summed E-state index contributed by atoms with van der Waals surface area (Å²) in [6.07, 6.45) is -0.732. The Balaban J connectivity index is 2.67. The molecular weight excluding hydrogens is 260 g/mol. The van der Waals surface area contributed by atoms with Crippen molar-refractivity contribution in [2.45, 2.75) is 19.4 Å². The van der Waals surface area contributed by atoms with Crippen LogP contribution in [0.25, 0.3) is 0 Å². The third kappa shape index (κ3) is 5.19. The maximum absolute atomic E-state index is 11.4. The van der Waals surface area contributed by atoms with Gasteiger partial charge in [0, 0.05) is 6.61 Å². The first kappa shape index (κ1) is 16.5.